The van der Waals surface area contributed by atoms with E-state index in [9.17, 15) is 9.59 Å². The number of aromatic amines is 1. The topological polar surface area (TPSA) is 96.9 Å². The third kappa shape index (κ3) is 3.87. The first-order valence-electron chi connectivity index (χ1n) is 11.0. The summed E-state index contributed by atoms with van der Waals surface area (Å²) in [6, 6.07) is 16.2. The van der Waals surface area contributed by atoms with Gasteiger partial charge in [-0.25, -0.2) is 10.1 Å². The number of methoxy groups -OCH3 is 2. The van der Waals surface area contributed by atoms with E-state index in [0.29, 0.717) is 29.3 Å². The van der Waals surface area contributed by atoms with Crippen molar-refractivity contribution < 1.29 is 14.3 Å². The number of ether oxygens (including phenoxy) is 2. The molecule has 0 saturated heterocycles. The zero-order valence-electron chi connectivity index (χ0n) is 18.9. The van der Waals surface area contributed by atoms with E-state index in [1.165, 1.54) is 11.1 Å². The zero-order chi connectivity index (χ0) is 23.7. The van der Waals surface area contributed by atoms with Crippen molar-refractivity contribution in [3.05, 3.63) is 82.7 Å². The minimum atomic E-state index is -0.257. The number of amides is 1. The SMILES string of the molecule is COc1ccc(C2=NN(c3ccc(-c4ccc(=O)[nH]n4)cc3)C(=O)[C@@H]3CC=CC[C@H]23)cc1OC. The number of allylic oxidation sites excluding steroid dienone is 2. The average Bonchev–Trinajstić information content (AvgIpc) is 2.89. The van der Waals surface area contributed by atoms with Gasteiger partial charge in [0.05, 0.1) is 37.2 Å². The fraction of sp³-hybridized carbons (Fsp3) is 0.231. The lowest BCUT2D eigenvalue weighted by molar-refractivity contribution is -0.123. The number of nitrogens with one attached hydrogen (secondary N) is 1. The largest absolute Gasteiger partial charge is 0.493 e. The maximum Gasteiger partial charge on any atom is 0.264 e. The normalized spacial score (nSPS) is 19.4. The zero-order valence-corrected chi connectivity index (χ0v) is 18.9. The number of fused-ring (bicyclic) bond motifs is 1. The van der Waals surface area contributed by atoms with Gasteiger partial charge < -0.3 is 9.47 Å². The number of benzene rings is 2. The second-order valence-electron chi connectivity index (χ2n) is 8.21. The standard InChI is InChI=1S/C26H24N4O4/c1-33-22-13-9-17(15-23(22)34-2)25-19-5-3-4-6-20(19)26(32)30(29-25)18-10-7-16(8-11-18)21-12-14-24(31)28-27-21/h3-4,7-15,19-20H,5-6H2,1-2H3,(H,28,31)/t19-,20+/m0/s1. The van der Waals surface area contributed by atoms with Gasteiger partial charge in [-0.15, -0.1) is 0 Å². The Kier molecular flexibility index (Phi) is 5.71. The highest BCUT2D eigenvalue weighted by molar-refractivity contribution is 6.11. The van der Waals surface area contributed by atoms with Crippen LogP contribution in [0.3, 0.4) is 0 Å². The maximum atomic E-state index is 13.4. The molecule has 0 radical (unpaired) electrons. The summed E-state index contributed by atoms with van der Waals surface area (Å²) in [5, 5.41) is 12.8. The van der Waals surface area contributed by atoms with Crippen LogP contribution in [0.1, 0.15) is 18.4 Å². The molecule has 34 heavy (non-hydrogen) atoms. The quantitative estimate of drug-likeness (QED) is 0.590. The molecular weight excluding hydrogens is 432 g/mol. The van der Waals surface area contributed by atoms with Gasteiger partial charge in [0.2, 0.25) is 0 Å². The highest BCUT2D eigenvalue weighted by Gasteiger charge is 2.40. The first-order chi connectivity index (χ1) is 16.6. The first kappa shape index (κ1) is 21.6. The van der Waals surface area contributed by atoms with E-state index in [-0.39, 0.29) is 23.3 Å². The molecule has 1 N–H and O–H groups in total. The molecular formula is C26H24N4O4. The fourth-order valence-electron chi connectivity index (χ4n) is 4.51. The van der Waals surface area contributed by atoms with E-state index in [4.69, 9.17) is 14.6 Å². The van der Waals surface area contributed by atoms with Crippen molar-refractivity contribution in [2.75, 3.05) is 19.2 Å². The monoisotopic (exact) mass is 456 g/mol. The van der Waals surface area contributed by atoms with Crippen LogP contribution < -0.4 is 20.0 Å². The van der Waals surface area contributed by atoms with Crippen LogP contribution in [0.25, 0.3) is 11.3 Å². The Morgan fingerprint density at radius 3 is 2.24 bits per heavy atom. The van der Waals surface area contributed by atoms with E-state index in [1.807, 2.05) is 42.5 Å². The smallest absolute Gasteiger partial charge is 0.264 e. The molecule has 2 atom stereocenters. The number of carbonyl (C=O) groups is 1. The van der Waals surface area contributed by atoms with E-state index in [1.54, 1.807) is 20.3 Å². The van der Waals surface area contributed by atoms with Crippen molar-refractivity contribution >= 4 is 17.3 Å². The number of hydrogen-bond donors (Lipinski definition) is 1. The Bertz CT molecular complexity index is 1320. The van der Waals surface area contributed by atoms with Gasteiger partial charge in [0.15, 0.2) is 11.5 Å². The van der Waals surface area contributed by atoms with Crippen LogP contribution >= 0.6 is 0 Å². The Hall–Kier alpha value is -4.20. The molecule has 1 amide bonds. The molecule has 5 rings (SSSR count). The van der Waals surface area contributed by atoms with Crippen molar-refractivity contribution in [2.24, 2.45) is 16.9 Å². The van der Waals surface area contributed by atoms with Crippen LogP contribution in [0.4, 0.5) is 5.69 Å². The fourth-order valence-corrected chi connectivity index (χ4v) is 4.51. The number of aromatic nitrogens is 2. The van der Waals surface area contributed by atoms with Crippen molar-refractivity contribution in [1.29, 1.82) is 0 Å². The van der Waals surface area contributed by atoms with Crippen LogP contribution in [0.2, 0.25) is 0 Å². The summed E-state index contributed by atoms with van der Waals surface area (Å²) < 4.78 is 10.9. The number of rotatable bonds is 5. The molecule has 1 aliphatic carbocycles. The number of anilines is 1. The van der Waals surface area contributed by atoms with Crippen molar-refractivity contribution in [1.82, 2.24) is 10.2 Å². The van der Waals surface area contributed by atoms with E-state index in [0.717, 1.165) is 23.3 Å². The van der Waals surface area contributed by atoms with Crippen LogP contribution in [-0.2, 0) is 4.79 Å². The Morgan fingerprint density at radius 1 is 0.853 bits per heavy atom. The lowest BCUT2D eigenvalue weighted by Gasteiger charge is -2.37. The van der Waals surface area contributed by atoms with Gasteiger partial charge in [-0.05, 0) is 49.2 Å². The van der Waals surface area contributed by atoms with Crippen molar-refractivity contribution in [3.8, 4) is 22.8 Å². The lowest BCUT2D eigenvalue weighted by Crippen LogP contribution is -2.45. The summed E-state index contributed by atoms with van der Waals surface area (Å²) in [5.41, 5.74) is 3.63. The number of hydrogen-bond acceptors (Lipinski definition) is 6. The van der Waals surface area contributed by atoms with Crippen molar-refractivity contribution in [3.63, 3.8) is 0 Å². The highest BCUT2D eigenvalue weighted by atomic mass is 16.5. The minimum Gasteiger partial charge on any atom is -0.493 e. The van der Waals surface area contributed by atoms with E-state index < -0.39 is 0 Å². The molecule has 2 heterocycles. The molecule has 2 aromatic carbocycles. The number of H-pyrrole nitrogens is 1. The van der Waals surface area contributed by atoms with Crippen LogP contribution in [0, 0.1) is 11.8 Å². The second-order valence-corrected chi connectivity index (χ2v) is 8.21. The van der Waals surface area contributed by atoms with Crippen LogP contribution in [0.5, 0.6) is 11.5 Å². The van der Waals surface area contributed by atoms with Gasteiger partial charge >= 0.3 is 0 Å². The number of hydrazone groups is 1. The summed E-state index contributed by atoms with van der Waals surface area (Å²) in [6.45, 7) is 0. The molecule has 1 aromatic heterocycles. The summed E-state index contributed by atoms with van der Waals surface area (Å²) in [7, 11) is 3.20. The van der Waals surface area contributed by atoms with Gasteiger partial charge in [-0.3, -0.25) is 9.59 Å². The van der Waals surface area contributed by atoms with Gasteiger partial charge in [-0.1, -0.05) is 24.3 Å². The van der Waals surface area contributed by atoms with Gasteiger partial charge in [-0.2, -0.15) is 10.2 Å². The Morgan fingerprint density at radius 2 is 1.56 bits per heavy atom. The molecule has 172 valence electrons. The molecule has 0 unspecified atom stereocenters. The van der Waals surface area contributed by atoms with Gasteiger partial charge in [0.25, 0.3) is 11.5 Å². The highest BCUT2D eigenvalue weighted by Crippen LogP contribution is 2.38. The minimum absolute atomic E-state index is 0.00327. The third-order valence-corrected chi connectivity index (χ3v) is 6.28. The van der Waals surface area contributed by atoms with Crippen LogP contribution in [0.15, 0.2) is 76.6 Å². The summed E-state index contributed by atoms with van der Waals surface area (Å²) in [5.74, 6) is 1.05. The summed E-state index contributed by atoms with van der Waals surface area (Å²) in [4.78, 5) is 24.7. The van der Waals surface area contributed by atoms with Gasteiger partial charge in [0.1, 0.15) is 0 Å². The molecule has 3 aromatic rings. The predicted molar refractivity (Wildman–Crippen MR) is 129 cm³/mol. The lowest BCUT2D eigenvalue weighted by atomic mass is 9.76. The molecule has 0 bridgehead atoms. The summed E-state index contributed by atoms with van der Waals surface area (Å²) in [6.07, 6.45) is 5.62. The first-order valence-corrected chi connectivity index (χ1v) is 11.0. The molecule has 0 fully saturated rings. The number of nitrogens with zero attached hydrogens (tertiary/aromatic N) is 3. The Balaban J connectivity index is 1.54. The Labute approximate surface area is 196 Å². The third-order valence-electron chi connectivity index (χ3n) is 6.28. The molecule has 0 spiro atoms. The van der Waals surface area contributed by atoms with E-state index in [2.05, 4.69) is 22.3 Å². The molecule has 8 nitrogen and oxygen atoms in total. The molecule has 8 heteroatoms. The van der Waals surface area contributed by atoms with Crippen LogP contribution in [-0.4, -0.2) is 36.0 Å². The van der Waals surface area contributed by atoms with Crippen molar-refractivity contribution in [2.45, 2.75) is 12.8 Å². The van der Waals surface area contributed by atoms with Gasteiger partial charge in [0, 0.05) is 23.1 Å². The maximum absolute atomic E-state index is 13.4. The molecule has 2 aliphatic rings. The average molecular weight is 457 g/mol. The molecule has 0 saturated carbocycles. The van der Waals surface area contributed by atoms with E-state index >= 15 is 0 Å². The molecule has 1 aliphatic heterocycles. The predicted octanol–water partition coefficient (Wildman–Crippen LogP) is 3.79. The summed E-state index contributed by atoms with van der Waals surface area (Å²) >= 11 is 0. The second kappa shape index (κ2) is 8.97. The number of carbonyl (C=O) groups excluding carboxylic acids is 1.